The summed E-state index contributed by atoms with van der Waals surface area (Å²) >= 11 is 5.76. The average Bonchev–Trinajstić information content (AvgIpc) is 3.11. The van der Waals surface area contributed by atoms with Crippen molar-refractivity contribution in [3.63, 3.8) is 0 Å². The first-order valence-corrected chi connectivity index (χ1v) is 7.99. The predicted molar refractivity (Wildman–Crippen MR) is 81.1 cm³/mol. The fraction of sp³-hybridized carbons (Fsp3) is 0.562. The van der Waals surface area contributed by atoms with Crippen LogP contribution in [0.5, 0.6) is 0 Å². The van der Waals surface area contributed by atoms with Crippen LogP contribution in [-0.4, -0.2) is 36.5 Å². The van der Waals surface area contributed by atoms with Gasteiger partial charge in [0.15, 0.2) is 0 Å². The molecular formula is C16H20ClFN2O. The maximum atomic E-state index is 14.0. The number of halogens is 2. The zero-order valence-corrected chi connectivity index (χ0v) is 12.7. The zero-order valence-electron chi connectivity index (χ0n) is 11.9. The largest absolute Gasteiger partial charge is 0.337 e. The van der Waals surface area contributed by atoms with Gasteiger partial charge in [-0.05, 0) is 56.3 Å². The number of rotatable bonds is 5. The lowest BCUT2D eigenvalue weighted by Gasteiger charge is -2.26. The first kappa shape index (κ1) is 14.8. The van der Waals surface area contributed by atoms with Crippen LogP contribution in [0.25, 0.3) is 0 Å². The number of amides is 1. The molecule has 114 valence electrons. The van der Waals surface area contributed by atoms with E-state index in [2.05, 4.69) is 5.32 Å². The molecule has 1 aliphatic carbocycles. The molecule has 1 aromatic rings. The summed E-state index contributed by atoms with van der Waals surface area (Å²) in [6.45, 7) is 2.40. The van der Waals surface area contributed by atoms with E-state index in [0.29, 0.717) is 23.5 Å². The van der Waals surface area contributed by atoms with Gasteiger partial charge in [0.1, 0.15) is 5.82 Å². The molecule has 5 heteroatoms. The Balaban J connectivity index is 1.75. The molecule has 1 aromatic carbocycles. The molecule has 1 N–H and O–H groups in total. The zero-order chi connectivity index (χ0) is 14.8. The predicted octanol–water partition coefficient (Wildman–Crippen LogP) is 3.08. The summed E-state index contributed by atoms with van der Waals surface area (Å²) in [4.78, 5) is 14.5. The summed E-state index contributed by atoms with van der Waals surface area (Å²) in [6.07, 6.45) is 4.57. The lowest BCUT2D eigenvalue weighted by Crippen LogP contribution is -2.42. The van der Waals surface area contributed by atoms with Crippen LogP contribution in [0.2, 0.25) is 5.02 Å². The van der Waals surface area contributed by atoms with Crippen molar-refractivity contribution in [1.29, 1.82) is 0 Å². The van der Waals surface area contributed by atoms with Crippen LogP contribution in [-0.2, 0) is 0 Å². The van der Waals surface area contributed by atoms with Crippen LogP contribution in [0.1, 0.15) is 36.0 Å². The van der Waals surface area contributed by atoms with Crippen molar-refractivity contribution in [1.82, 2.24) is 10.2 Å². The Kier molecular flexibility index (Phi) is 4.45. The van der Waals surface area contributed by atoms with Crippen molar-refractivity contribution in [2.75, 3.05) is 19.6 Å². The molecule has 2 fully saturated rings. The van der Waals surface area contributed by atoms with Gasteiger partial charge in [-0.25, -0.2) is 4.39 Å². The van der Waals surface area contributed by atoms with Gasteiger partial charge in [-0.2, -0.15) is 0 Å². The number of hydrogen-bond acceptors (Lipinski definition) is 2. The Hall–Kier alpha value is -1.13. The summed E-state index contributed by atoms with van der Waals surface area (Å²) in [7, 11) is 0. The molecular weight excluding hydrogens is 291 g/mol. The Morgan fingerprint density at radius 1 is 1.33 bits per heavy atom. The molecule has 0 aromatic heterocycles. The Bertz CT molecular complexity index is 527. The summed E-state index contributed by atoms with van der Waals surface area (Å²) in [5.74, 6) is -0.164. The van der Waals surface area contributed by atoms with Gasteiger partial charge in [0.05, 0.1) is 5.56 Å². The first-order valence-electron chi connectivity index (χ1n) is 7.61. The van der Waals surface area contributed by atoms with Gasteiger partial charge in [0, 0.05) is 24.2 Å². The second kappa shape index (κ2) is 6.32. The van der Waals surface area contributed by atoms with Crippen LogP contribution in [0.15, 0.2) is 18.2 Å². The lowest BCUT2D eigenvalue weighted by molar-refractivity contribution is 0.0729. The molecule has 0 bridgehead atoms. The monoisotopic (exact) mass is 310 g/mol. The van der Waals surface area contributed by atoms with Crippen molar-refractivity contribution < 1.29 is 9.18 Å². The molecule has 1 heterocycles. The number of nitrogens with one attached hydrogen (secondary N) is 1. The van der Waals surface area contributed by atoms with Crippen LogP contribution in [0, 0.1) is 11.7 Å². The molecule has 1 amide bonds. The molecule has 21 heavy (non-hydrogen) atoms. The van der Waals surface area contributed by atoms with Crippen molar-refractivity contribution >= 4 is 17.5 Å². The van der Waals surface area contributed by atoms with Gasteiger partial charge in [0.2, 0.25) is 0 Å². The highest BCUT2D eigenvalue weighted by atomic mass is 35.5. The minimum absolute atomic E-state index is 0.123. The van der Waals surface area contributed by atoms with E-state index in [1.165, 1.54) is 25.0 Å². The highest BCUT2D eigenvalue weighted by Crippen LogP contribution is 2.30. The minimum atomic E-state index is -0.535. The molecule has 2 aliphatic rings. The molecule has 1 saturated carbocycles. The number of hydrogen-bond donors (Lipinski definition) is 1. The maximum Gasteiger partial charge on any atom is 0.256 e. The van der Waals surface area contributed by atoms with E-state index < -0.39 is 5.82 Å². The SMILES string of the molecule is O=C(c1ccc(Cl)cc1F)N(CC1CC1)CC1CCCN1. The topological polar surface area (TPSA) is 32.3 Å². The molecule has 0 spiro atoms. The third-order valence-electron chi connectivity index (χ3n) is 4.23. The second-order valence-corrected chi connectivity index (χ2v) is 6.51. The molecule has 0 radical (unpaired) electrons. The van der Waals surface area contributed by atoms with E-state index in [-0.39, 0.29) is 11.5 Å². The van der Waals surface area contributed by atoms with Gasteiger partial charge in [-0.1, -0.05) is 11.6 Å². The van der Waals surface area contributed by atoms with E-state index in [4.69, 9.17) is 11.6 Å². The smallest absolute Gasteiger partial charge is 0.256 e. The van der Waals surface area contributed by atoms with Gasteiger partial charge in [-0.15, -0.1) is 0 Å². The number of carbonyl (C=O) groups excluding carboxylic acids is 1. The number of nitrogens with zero attached hydrogens (tertiary/aromatic N) is 1. The van der Waals surface area contributed by atoms with Crippen molar-refractivity contribution in [3.8, 4) is 0 Å². The van der Waals surface area contributed by atoms with E-state index >= 15 is 0 Å². The van der Waals surface area contributed by atoms with E-state index in [1.54, 1.807) is 6.07 Å². The first-order chi connectivity index (χ1) is 10.1. The number of benzene rings is 1. The standard InChI is InChI=1S/C16H20ClFN2O/c17-12-5-6-14(15(18)8-12)16(21)20(9-11-3-4-11)10-13-2-1-7-19-13/h5-6,8,11,13,19H,1-4,7,9-10H2. The van der Waals surface area contributed by atoms with Crippen molar-refractivity contribution in [2.24, 2.45) is 5.92 Å². The fourth-order valence-electron chi connectivity index (χ4n) is 2.86. The lowest BCUT2D eigenvalue weighted by atomic mass is 10.1. The highest BCUT2D eigenvalue weighted by Gasteiger charge is 2.30. The minimum Gasteiger partial charge on any atom is -0.337 e. The highest BCUT2D eigenvalue weighted by molar-refractivity contribution is 6.30. The van der Waals surface area contributed by atoms with Crippen LogP contribution in [0.4, 0.5) is 4.39 Å². The number of carbonyl (C=O) groups is 1. The van der Waals surface area contributed by atoms with Gasteiger partial charge in [-0.3, -0.25) is 4.79 Å². The summed E-state index contributed by atoms with van der Waals surface area (Å²) in [5.41, 5.74) is 0.123. The molecule has 1 aliphatic heterocycles. The average molecular weight is 311 g/mol. The molecule has 1 unspecified atom stereocenters. The van der Waals surface area contributed by atoms with Gasteiger partial charge >= 0.3 is 0 Å². The molecule has 3 nitrogen and oxygen atoms in total. The molecule has 3 rings (SSSR count). The second-order valence-electron chi connectivity index (χ2n) is 6.07. The maximum absolute atomic E-state index is 14.0. The molecule has 1 saturated heterocycles. The Morgan fingerprint density at radius 3 is 2.76 bits per heavy atom. The van der Waals surface area contributed by atoms with Crippen LogP contribution in [0.3, 0.4) is 0 Å². The van der Waals surface area contributed by atoms with Crippen LogP contribution < -0.4 is 5.32 Å². The third-order valence-corrected chi connectivity index (χ3v) is 4.46. The summed E-state index contributed by atoms with van der Waals surface area (Å²) in [5, 5.41) is 3.72. The van der Waals surface area contributed by atoms with Gasteiger partial charge in [0.25, 0.3) is 5.91 Å². The fourth-order valence-corrected chi connectivity index (χ4v) is 3.02. The summed E-state index contributed by atoms with van der Waals surface area (Å²) in [6, 6.07) is 4.60. The van der Waals surface area contributed by atoms with Crippen molar-refractivity contribution in [2.45, 2.75) is 31.7 Å². The van der Waals surface area contributed by atoms with Crippen molar-refractivity contribution in [3.05, 3.63) is 34.6 Å². The third kappa shape index (κ3) is 3.74. The Morgan fingerprint density at radius 2 is 2.14 bits per heavy atom. The van der Waals surface area contributed by atoms with Crippen LogP contribution >= 0.6 is 11.6 Å². The summed E-state index contributed by atoms with van der Waals surface area (Å²) < 4.78 is 14.0. The van der Waals surface area contributed by atoms with E-state index in [1.807, 2.05) is 4.90 Å². The van der Waals surface area contributed by atoms with Gasteiger partial charge < -0.3 is 10.2 Å². The Labute approximate surface area is 129 Å². The van der Waals surface area contributed by atoms with E-state index in [9.17, 15) is 9.18 Å². The quantitative estimate of drug-likeness (QED) is 0.906. The normalized spacial score (nSPS) is 21.5. The van der Waals surface area contributed by atoms with E-state index in [0.717, 1.165) is 25.9 Å². The molecule has 1 atom stereocenters.